The third-order valence-electron chi connectivity index (χ3n) is 3.40. The first-order chi connectivity index (χ1) is 9.54. The molecule has 2 nitrogen and oxygen atoms in total. The maximum absolute atomic E-state index is 14.3. The number of rotatable bonds is 2. The first kappa shape index (κ1) is 13.8. The van der Waals surface area contributed by atoms with Gasteiger partial charge in [-0.3, -0.25) is 4.79 Å². The Labute approximate surface area is 129 Å². The molecule has 1 amide bonds. The van der Waals surface area contributed by atoms with Gasteiger partial charge >= 0.3 is 0 Å². The number of aryl methyl sites for hydroxylation is 2. The van der Waals surface area contributed by atoms with Gasteiger partial charge in [-0.2, -0.15) is 0 Å². The summed E-state index contributed by atoms with van der Waals surface area (Å²) >= 11 is 5.23. The van der Waals surface area contributed by atoms with Crippen LogP contribution in [0.1, 0.15) is 32.1 Å². The third-order valence-corrected chi connectivity index (χ3v) is 5.76. The summed E-state index contributed by atoms with van der Waals surface area (Å²) < 4.78 is 14.3. The van der Waals surface area contributed by atoms with E-state index in [1.165, 1.54) is 10.9 Å². The van der Waals surface area contributed by atoms with E-state index in [1.807, 2.05) is 25.1 Å². The molecule has 0 aliphatic carbocycles. The Morgan fingerprint density at radius 3 is 2.85 bits per heavy atom. The van der Waals surface area contributed by atoms with E-state index < -0.39 is 0 Å². The molecule has 1 unspecified atom stereocenters. The monoisotopic (exact) mass is 353 g/mol. The number of anilines is 1. The fourth-order valence-electron chi connectivity index (χ4n) is 2.36. The van der Waals surface area contributed by atoms with Gasteiger partial charge in [0, 0.05) is 27.4 Å². The van der Waals surface area contributed by atoms with Gasteiger partial charge in [0.2, 0.25) is 5.91 Å². The van der Waals surface area contributed by atoms with E-state index in [0.717, 1.165) is 10.4 Å². The molecule has 1 aromatic heterocycles. The lowest BCUT2D eigenvalue weighted by Crippen LogP contribution is -2.19. The summed E-state index contributed by atoms with van der Waals surface area (Å²) in [6.45, 7) is 2.03. The van der Waals surface area contributed by atoms with Crippen molar-refractivity contribution >= 4 is 38.9 Å². The number of thiophene rings is 1. The molecule has 0 bridgehead atoms. The second-order valence-corrected chi connectivity index (χ2v) is 7.13. The fraction of sp³-hybridized carbons (Fsp3) is 0.267. The highest BCUT2D eigenvalue weighted by molar-refractivity contribution is 9.09. The fourth-order valence-corrected chi connectivity index (χ4v) is 4.02. The summed E-state index contributed by atoms with van der Waals surface area (Å²) in [6.07, 6.45) is 1.13. The van der Waals surface area contributed by atoms with Gasteiger partial charge < -0.3 is 5.32 Å². The van der Waals surface area contributed by atoms with Gasteiger partial charge in [-0.1, -0.05) is 15.9 Å². The molecule has 0 saturated heterocycles. The number of hydrogen-bond donors (Lipinski definition) is 1. The first-order valence-electron chi connectivity index (χ1n) is 6.37. The molecule has 1 aromatic carbocycles. The summed E-state index contributed by atoms with van der Waals surface area (Å²) in [5, 5.41) is 2.72. The quantitative estimate of drug-likeness (QED) is 0.787. The van der Waals surface area contributed by atoms with Gasteiger partial charge in [-0.25, -0.2) is 4.39 Å². The van der Waals surface area contributed by atoms with Crippen LogP contribution >= 0.6 is 27.3 Å². The average molecular weight is 354 g/mol. The number of carbonyl (C=O) groups excluding carboxylic acids is 1. The SMILES string of the molecule is Cc1ccc(C(Br)c2cc3c(cc2F)NC(=O)CC3)s1. The summed E-state index contributed by atoms with van der Waals surface area (Å²) in [5.74, 6) is -0.340. The molecular weight excluding hydrogens is 341 g/mol. The second-order valence-electron chi connectivity index (χ2n) is 4.89. The van der Waals surface area contributed by atoms with E-state index in [-0.39, 0.29) is 16.6 Å². The van der Waals surface area contributed by atoms with E-state index in [0.29, 0.717) is 24.1 Å². The molecule has 104 valence electrons. The zero-order valence-electron chi connectivity index (χ0n) is 10.9. The van der Waals surface area contributed by atoms with E-state index >= 15 is 0 Å². The highest BCUT2D eigenvalue weighted by atomic mass is 79.9. The molecule has 5 heteroatoms. The standard InChI is InChI=1S/C15H13BrFNOS/c1-8-2-4-13(20-8)15(16)10-6-9-3-5-14(19)18-12(9)7-11(10)17/h2,4,6-7,15H,3,5H2,1H3,(H,18,19). The number of alkyl halides is 1. The van der Waals surface area contributed by atoms with Crippen LogP contribution in [0.5, 0.6) is 0 Å². The van der Waals surface area contributed by atoms with E-state index in [1.54, 1.807) is 11.3 Å². The van der Waals surface area contributed by atoms with Crippen LogP contribution in [0.25, 0.3) is 0 Å². The number of halogens is 2. The van der Waals surface area contributed by atoms with E-state index in [4.69, 9.17) is 0 Å². The smallest absolute Gasteiger partial charge is 0.224 e. The minimum Gasteiger partial charge on any atom is -0.326 e. The van der Waals surface area contributed by atoms with Gasteiger partial charge in [0.1, 0.15) is 5.82 Å². The van der Waals surface area contributed by atoms with Gasteiger partial charge in [-0.05, 0) is 43.2 Å². The largest absolute Gasteiger partial charge is 0.326 e. The van der Waals surface area contributed by atoms with Crippen molar-refractivity contribution < 1.29 is 9.18 Å². The average Bonchev–Trinajstić information content (AvgIpc) is 2.84. The van der Waals surface area contributed by atoms with Crippen molar-refractivity contribution in [2.45, 2.75) is 24.6 Å². The van der Waals surface area contributed by atoms with Crippen molar-refractivity contribution in [3.05, 3.63) is 51.0 Å². The van der Waals surface area contributed by atoms with Gasteiger partial charge in [0.05, 0.1) is 4.83 Å². The lowest BCUT2D eigenvalue weighted by molar-refractivity contribution is -0.116. The Bertz CT molecular complexity index is 683. The number of nitrogens with one attached hydrogen (secondary N) is 1. The zero-order valence-corrected chi connectivity index (χ0v) is 13.3. The maximum Gasteiger partial charge on any atom is 0.224 e. The number of fused-ring (bicyclic) bond motifs is 1. The summed E-state index contributed by atoms with van der Waals surface area (Å²) in [5.41, 5.74) is 2.23. The normalized spacial score (nSPS) is 15.7. The van der Waals surface area contributed by atoms with Gasteiger partial charge in [0.15, 0.2) is 0 Å². The van der Waals surface area contributed by atoms with E-state index in [9.17, 15) is 9.18 Å². The van der Waals surface area contributed by atoms with Crippen LogP contribution in [0, 0.1) is 12.7 Å². The Morgan fingerprint density at radius 1 is 1.35 bits per heavy atom. The molecule has 0 fully saturated rings. The highest BCUT2D eigenvalue weighted by Gasteiger charge is 2.22. The minimum atomic E-state index is -0.293. The van der Waals surface area contributed by atoms with Gasteiger partial charge in [-0.15, -0.1) is 11.3 Å². The van der Waals surface area contributed by atoms with Gasteiger partial charge in [0.25, 0.3) is 0 Å². The minimum absolute atomic E-state index is 0.0473. The molecule has 0 radical (unpaired) electrons. The van der Waals surface area contributed by atoms with Crippen LogP contribution in [0.4, 0.5) is 10.1 Å². The van der Waals surface area contributed by atoms with Crippen molar-refractivity contribution in [1.29, 1.82) is 0 Å². The lowest BCUT2D eigenvalue weighted by atomic mass is 9.98. The summed E-state index contributed by atoms with van der Waals surface area (Å²) in [7, 11) is 0. The predicted octanol–water partition coefficient (Wildman–Crippen LogP) is 4.56. The Kier molecular flexibility index (Phi) is 3.65. The molecule has 2 heterocycles. The van der Waals surface area contributed by atoms with Crippen molar-refractivity contribution in [3.8, 4) is 0 Å². The Hall–Kier alpha value is -1.20. The second kappa shape index (κ2) is 5.30. The molecule has 1 aliphatic heterocycles. The number of amides is 1. The third kappa shape index (κ3) is 2.52. The molecule has 1 N–H and O–H groups in total. The molecule has 2 aromatic rings. The zero-order chi connectivity index (χ0) is 14.3. The summed E-state index contributed by atoms with van der Waals surface area (Å²) in [6, 6.07) is 7.33. The topological polar surface area (TPSA) is 29.1 Å². The van der Waals surface area contributed by atoms with Crippen LogP contribution in [0.15, 0.2) is 24.3 Å². The predicted molar refractivity (Wildman–Crippen MR) is 83.2 cm³/mol. The van der Waals surface area contributed by atoms with Crippen molar-refractivity contribution in [1.82, 2.24) is 0 Å². The molecule has 1 aliphatic rings. The number of carbonyl (C=O) groups is 1. The van der Waals surface area contributed by atoms with Crippen molar-refractivity contribution in [2.75, 3.05) is 5.32 Å². The lowest BCUT2D eigenvalue weighted by Gasteiger charge is -2.19. The van der Waals surface area contributed by atoms with Crippen molar-refractivity contribution in [3.63, 3.8) is 0 Å². The molecule has 1 atom stereocenters. The summed E-state index contributed by atoms with van der Waals surface area (Å²) in [4.78, 5) is 13.5. The maximum atomic E-state index is 14.3. The number of hydrogen-bond acceptors (Lipinski definition) is 2. The first-order valence-corrected chi connectivity index (χ1v) is 8.10. The van der Waals surface area contributed by atoms with E-state index in [2.05, 4.69) is 21.2 Å². The molecule has 0 saturated carbocycles. The van der Waals surface area contributed by atoms with Crippen LogP contribution < -0.4 is 5.32 Å². The molecule has 20 heavy (non-hydrogen) atoms. The van der Waals surface area contributed by atoms with Crippen LogP contribution in [-0.2, 0) is 11.2 Å². The number of benzene rings is 1. The van der Waals surface area contributed by atoms with Crippen molar-refractivity contribution in [2.24, 2.45) is 0 Å². The highest BCUT2D eigenvalue weighted by Crippen LogP contribution is 2.38. The molecular formula is C15H13BrFNOS. The molecule has 0 spiro atoms. The van der Waals surface area contributed by atoms with Crippen LogP contribution in [0.2, 0.25) is 0 Å². The Balaban J connectivity index is 2.00. The van der Waals surface area contributed by atoms with Crippen LogP contribution in [-0.4, -0.2) is 5.91 Å². The van der Waals surface area contributed by atoms with Crippen LogP contribution in [0.3, 0.4) is 0 Å². The Morgan fingerprint density at radius 2 is 2.15 bits per heavy atom. The molecule has 3 rings (SSSR count).